The molecule has 0 saturated carbocycles. The van der Waals surface area contributed by atoms with E-state index >= 15 is 0 Å². The van der Waals surface area contributed by atoms with E-state index in [9.17, 15) is 0 Å². The Bertz CT molecular complexity index is 2000. The van der Waals surface area contributed by atoms with Gasteiger partial charge in [-0.25, -0.2) is 0 Å². The van der Waals surface area contributed by atoms with Crippen molar-refractivity contribution in [3.63, 3.8) is 0 Å². The van der Waals surface area contributed by atoms with E-state index < -0.39 is 0 Å². The predicted octanol–water partition coefficient (Wildman–Crippen LogP) is 11.0. The van der Waals surface area contributed by atoms with Crippen LogP contribution in [0.25, 0.3) is 22.3 Å². The number of hydrogen-bond donors (Lipinski definition) is 0. The zero-order chi connectivity index (χ0) is 29.1. The van der Waals surface area contributed by atoms with Gasteiger partial charge in [0.05, 0.1) is 5.41 Å². The normalized spacial score (nSPS) is 20.4. The highest BCUT2D eigenvalue weighted by atomic mass is 15.1. The van der Waals surface area contributed by atoms with E-state index in [0.717, 1.165) is 24.2 Å². The van der Waals surface area contributed by atoms with Crippen molar-refractivity contribution in [3.05, 3.63) is 186 Å². The van der Waals surface area contributed by atoms with Gasteiger partial charge in [0.15, 0.2) is 0 Å². The first-order chi connectivity index (χ1) is 21.8. The van der Waals surface area contributed by atoms with Crippen molar-refractivity contribution in [2.45, 2.75) is 24.7 Å². The summed E-state index contributed by atoms with van der Waals surface area (Å²) < 4.78 is 0. The maximum atomic E-state index is 2.60. The van der Waals surface area contributed by atoms with Crippen LogP contribution in [0.2, 0.25) is 0 Å². The molecule has 0 radical (unpaired) electrons. The maximum absolute atomic E-state index is 2.60. The summed E-state index contributed by atoms with van der Waals surface area (Å²) in [5, 5.41) is 0. The summed E-state index contributed by atoms with van der Waals surface area (Å²) in [7, 11) is 0. The summed E-state index contributed by atoms with van der Waals surface area (Å²) in [5.41, 5.74) is 15.8. The molecule has 2 bridgehead atoms. The third kappa shape index (κ3) is 3.59. The summed E-state index contributed by atoms with van der Waals surface area (Å²) in [5.74, 6) is 0.184. The molecule has 4 aliphatic carbocycles. The highest BCUT2D eigenvalue weighted by molar-refractivity contribution is 6.01. The molecule has 5 aromatic carbocycles. The average molecular weight is 564 g/mol. The summed E-state index contributed by atoms with van der Waals surface area (Å²) in [6.07, 6.45) is 17.7. The third-order valence-electron chi connectivity index (χ3n) is 10.1. The zero-order valence-electron chi connectivity index (χ0n) is 24.7. The molecule has 2 atom stereocenters. The van der Waals surface area contributed by atoms with Crippen LogP contribution in [0.15, 0.2) is 158 Å². The lowest BCUT2D eigenvalue weighted by atomic mass is 9.52. The van der Waals surface area contributed by atoms with Crippen LogP contribution in [0.1, 0.15) is 40.7 Å². The Morgan fingerprint density at radius 2 is 1.36 bits per heavy atom. The van der Waals surface area contributed by atoms with Crippen molar-refractivity contribution in [2.24, 2.45) is 5.92 Å². The van der Waals surface area contributed by atoms with Gasteiger partial charge in [0.25, 0.3) is 0 Å². The van der Waals surface area contributed by atoms with Crippen molar-refractivity contribution in [2.75, 3.05) is 4.90 Å². The van der Waals surface area contributed by atoms with Crippen LogP contribution in [-0.2, 0) is 11.8 Å². The number of para-hydroxylation sites is 2. The number of nitrogens with zero attached hydrogens (tertiary/aromatic N) is 1. The van der Waals surface area contributed by atoms with Crippen LogP contribution in [0.4, 0.5) is 17.1 Å². The fourth-order valence-electron chi connectivity index (χ4n) is 8.33. The monoisotopic (exact) mass is 563 g/mol. The van der Waals surface area contributed by atoms with Crippen molar-refractivity contribution < 1.29 is 0 Å². The molecule has 5 aromatic rings. The van der Waals surface area contributed by atoms with Gasteiger partial charge < -0.3 is 4.90 Å². The molecule has 210 valence electrons. The highest BCUT2D eigenvalue weighted by Gasteiger charge is 2.52. The summed E-state index contributed by atoms with van der Waals surface area (Å²) in [4.78, 5) is 2.40. The number of anilines is 3. The Balaban J connectivity index is 1.41. The minimum Gasteiger partial charge on any atom is -0.310 e. The number of fused-ring (bicyclic) bond motifs is 9. The molecule has 9 rings (SSSR count). The largest absolute Gasteiger partial charge is 0.310 e. The SMILES string of the molecule is C1=CC2=CC(C=C1)C1(C3=CCCCc4cccc(c43)-c3ccc(N(c4ccccc4)c4ccccc4)cc31)c1ccccc12. The predicted molar refractivity (Wildman–Crippen MR) is 184 cm³/mol. The number of benzene rings is 5. The van der Waals surface area contributed by atoms with Crippen molar-refractivity contribution in [1.82, 2.24) is 0 Å². The molecule has 0 heterocycles. The van der Waals surface area contributed by atoms with Gasteiger partial charge in [-0.2, -0.15) is 0 Å². The molecule has 0 N–H and O–H groups in total. The molecule has 1 nitrogen and oxygen atoms in total. The van der Waals surface area contributed by atoms with Gasteiger partial charge in [0.1, 0.15) is 0 Å². The number of allylic oxidation sites excluding steroid dienone is 8. The van der Waals surface area contributed by atoms with Gasteiger partial charge in [-0.1, -0.05) is 121 Å². The molecular formula is C43H33N. The minimum atomic E-state index is -0.347. The second-order valence-corrected chi connectivity index (χ2v) is 12.3. The van der Waals surface area contributed by atoms with E-state index in [1.165, 1.54) is 62.2 Å². The van der Waals surface area contributed by atoms with Gasteiger partial charge in [0, 0.05) is 23.0 Å². The Labute approximate surface area is 259 Å². The first-order valence-corrected chi connectivity index (χ1v) is 15.9. The van der Waals surface area contributed by atoms with E-state index in [1.807, 2.05) is 0 Å². The first kappa shape index (κ1) is 25.4. The fraction of sp³-hybridized carbons (Fsp3) is 0.116. The van der Waals surface area contributed by atoms with Crippen LogP contribution >= 0.6 is 0 Å². The lowest BCUT2D eigenvalue weighted by molar-refractivity contribution is 0.551. The minimum absolute atomic E-state index is 0.184. The Morgan fingerprint density at radius 3 is 2.18 bits per heavy atom. The van der Waals surface area contributed by atoms with Gasteiger partial charge in [-0.05, 0) is 106 Å². The molecule has 0 fully saturated rings. The van der Waals surface area contributed by atoms with Gasteiger partial charge >= 0.3 is 0 Å². The van der Waals surface area contributed by atoms with Crippen LogP contribution in [0.5, 0.6) is 0 Å². The number of aryl methyl sites for hydroxylation is 1. The molecule has 1 spiro atoms. The van der Waals surface area contributed by atoms with Gasteiger partial charge in [-0.3, -0.25) is 0 Å². The zero-order valence-corrected chi connectivity index (χ0v) is 24.7. The van der Waals surface area contributed by atoms with Crippen LogP contribution in [-0.4, -0.2) is 0 Å². The number of hydrogen-bond acceptors (Lipinski definition) is 1. The molecule has 0 amide bonds. The lowest BCUT2D eigenvalue weighted by Gasteiger charge is -2.50. The summed E-state index contributed by atoms with van der Waals surface area (Å²) in [6, 6.07) is 45.0. The van der Waals surface area contributed by atoms with Gasteiger partial charge in [0.2, 0.25) is 0 Å². The molecule has 2 unspecified atom stereocenters. The summed E-state index contributed by atoms with van der Waals surface area (Å²) >= 11 is 0. The van der Waals surface area contributed by atoms with Crippen LogP contribution < -0.4 is 4.90 Å². The van der Waals surface area contributed by atoms with Crippen molar-refractivity contribution in [1.29, 1.82) is 0 Å². The van der Waals surface area contributed by atoms with E-state index in [2.05, 4.69) is 163 Å². The van der Waals surface area contributed by atoms with Crippen LogP contribution in [0.3, 0.4) is 0 Å². The first-order valence-electron chi connectivity index (χ1n) is 15.9. The molecule has 1 heteroatoms. The standard InChI is InChI=1S/C43H33N/c1-3-18-33(19-4-1)44(34-20-5-2-6-21-34)35-26-27-37-38-23-13-16-30-14-8-11-25-40(42(30)38)43(41(37)29-35)32-17-9-7-15-31(28-32)36-22-10-12-24-39(36)43/h1-7,9-10,12-13,15-29,32H,8,11,14H2. The average Bonchev–Trinajstić information content (AvgIpc) is 3.45. The molecule has 0 aromatic heterocycles. The van der Waals surface area contributed by atoms with E-state index in [-0.39, 0.29) is 11.3 Å². The molecule has 44 heavy (non-hydrogen) atoms. The van der Waals surface area contributed by atoms with Gasteiger partial charge in [-0.15, -0.1) is 0 Å². The Morgan fingerprint density at radius 1 is 0.614 bits per heavy atom. The Kier molecular flexibility index (Phi) is 5.74. The second-order valence-electron chi connectivity index (χ2n) is 12.3. The topological polar surface area (TPSA) is 3.24 Å². The molecule has 4 aliphatic rings. The van der Waals surface area contributed by atoms with E-state index in [1.54, 1.807) is 0 Å². The fourth-order valence-corrected chi connectivity index (χ4v) is 8.33. The maximum Gasteiger partial charge on any atom is 0.0564 e. The summed E-state index contributed by atoms with van der Waals surface area (Å²) in [6.45, 7) is 0. The van der Waals surface area contributed by atoms with Crippen LogP contribution in [0, 0.1) is 5.92 Å². The molecule has 0 saturated heterocycles. The smallest absolute Gasteiger partial charge is 0.0564 e. The Hall–Kier alpha value is -5.14. The quantitative estimate of drug-likeness (QED) is 0.211. The van der Waals surface area contributed by atoms with Crippen molar-refractivity contribution >= 4 is 28.2 Å². The van der Waals surface area contributed by atoms with Crippen molar-refractivity contribution in [3.8, 4) is 11.1 Å². The third-order valence-corrected chi connectivity index (χ3v) is 10.1. The second kappa shape index (κ2) is 9.96. The highest BCUT2D eigenvalue weighted by Crippen LogP contribution is 2.63. The molecule has 0 aliphatic heterocycles. The molecular weight excluding hydrogens is 530 g/mol. The van der Waals surface area contributed by atoms with E-state index in [4.69, 9.17) is 0 Å². The van der Waals surface area contributed by atoms with E-state index in [0.29, 0.717) is 0 Å². The lowest BCUT2D eigenvalue weighted by Crippen LogP contribution is -2.41. The number of rotatable bonds is 3.